The lowest BCUT2D eigenvalue weighted by atomic mass is 9.85. The molecular formula is C28H35N3O5S. The summed E-state index contributed by atoms with van der Waals surface area (Å²) in [5.41, 5.74) is 3.82. The number of amides is 1. The number of aromatic nitrogens is 1. The van der Waals surface area contributed by atoms with E-state index in [2.05, 4.69) is 9.71 Å². The Bertz CT molecular complexity index is 1340. The summed E-state index contributed by atoms with van der Waals surface area (Å²) in [6, 6.07) is 15.2. The predicted octanol–water partition coefficient (Wildman–Crippen LogP) is 4.07. The van der Waals surface area contributed by atoms with Crippen molar-refractivity contribution < 1.29 is 22.7 Å². The minimum atomic E-state index is -3.68. The molecule has 2 aromatic carbocycles. The fraction of sp³-hybridized carbons (Fsp3) is 0.464. The molecule has 1 saturated heterocycles. The van der Waals surface area contributed by atoms with Gasteiger partial charge >= 0.3 is 0 Å². The molecule has 1 aliphatic carbocycles. The van der Waals surface area contributed by atoms with Gasteiger partial charge in [0, 0.05) is 42.2 Å². The third kappa shape index (κ3) is 5.75. The largest absolute Gasteiger partial charge is 0.380 e. The first-order valence-electron chi connectivity index (χ1n) is 13.0. The van der Waals surface area contributed by atoms with Gasteiger partial charge in [0.2, 0.25) is 15.9 Å². The molecule has 1 aliphatic heterocycles. The van der Waals surface area contributed by atoms with E-state index in [9.17, 15) is 13.2 Å². The van der Waals surface area contributed by atoms with E-state index in [1.165, 1.54) is 0 Å². The van der Waals surface area contributed by atoms with Crippen molar-refractivity contribution in [1.29, 1.82) is 0 Å². The predicted molar refractivity (Wildman–Crippen MR) is 143 cm³/mol. The number of rotatable bonds is 7. The lowest BCUT2D eigenvalue weighted by molar-refractivity contribution is -0.144. The summed E-state index contributed by atoms with van der Waals surface area (Å²) in [5.74, 6) is 0.136. The van der Waals surface area contributed by atoms with Gasteiger partial charge in [0.25, 0.3) is 0 Å². The summed E-state index contributed by atoms with van der Waals surface area (Å²) >= 11 is 0. The topological polar surface area (TPSA) is 101 Å². The van der Waals surface area contributed by atoms with E-state index in [-0.39, 0.29) is 28.8 Å². The van der Waals surface area contributed by atoms with E-state index in [0.29, 0.717) is 52.0 Å². The molecule has 1 atom stereocenters. The van der Waals surface area contributed by atoms with E-state index in [1.807, 2.05) is 48.2 Å². The zero-order valence-corrected chi connectivity index (χ0v) is 22.2. The van der Waals surface area contributed by atoms with Gasteiger partial charge < -0.3 is 19.4 Å². The summed E-state index contributed by atoms with van der Waals surface area (Å²) in [6.45, 7) is 4.37. The van der Waals surface area contributed by atoms with Crippen molar-refractivity contribution >= 4 is 26.8 Å². The van der Waals surface area contributed by atoms with Crippen molar-refractivity contribution in [3.63, 3.8) is 0 Å². The first-order valence-corrected chi connectivity index (χ1v) is 14.4. The number of nitrogens with zero attached hydrogens (tertiary/aromatic N) is 1. The van der Waals surface area contributed by atoms with Gasteiger partial charge in [-0.25, -0.2) is 13.1 Å². The summed E-state index contributed by atoms with van der Waals surface area (Å²) in [4.78, 5) is 18.5. The minimum Gasteiger partial charge on any atom is -0.380 e. The summed E-state index contributed by atoms with van der Waals surface area (Å²) in [5, 5.41) is 0.950. The molecule has 5 rings (SSSR count). The highest BCUT2D eigenvalue weighted by molar-refractivity contribution is 7.89. The van der Waals surface area contributed by atoms with Crippen LogP contribution in [0.5, 0.6) is 0 Å². The Kier molecular flexibility index (Phi) is 7.67. The van der Waals surface area contributed by atoms with Crippen LogP contribution in [0.1, 0.15) is 38.2 Å². The number of aromatic amines is 1. The number of hydrogen-bond acceptors (Lipinski definition) is 5. The molecule has 0 bridgehead atoms. The first kappa shape index (κ1) is 25.9. The number of ether oxygens (including phenoxy) is 2. The minimum absolute atomic E-state index is 0.0430. The zero-order valence-electron chi connectivity index (χ0n) is 21.4. The highest BCUT2D eigenvalue weighted by Crippen LogP contribution is 2.30. The summed E-state index contributed by atoms with van der Waals surface area (Å²) in [6.07, 6.45) is 2.70. The number of morpholine rings is 1. The van der Waals surface area contributed by atoms with Crippen LogP contribution in [-0.2, 0) is 30.9 Å². The maximum Gasteiger partial charge on any atom is 0.240 e. The molecule has 1 saturated carbocycles. The molecule has 2 N–H and O–H groups in total. The molecule has 198 valence electrons. The van der Waals surface area contributed by atoms with Crippen LogP contribution in [0.15, 0.2) is 53.4 Å². The normalized spacial score (nSPS) is 22.9. The van der Waals surface area contributed by atoms with Crippen molar-refractivity contribution in [1.82, 2.24) is 14.6 Å². The second-order valence-electron chi connectivity index (χ2n) is 10.2. The molecule has 3 aromatic rings. The molecule has 0 spiro atoms. The van der Waals surface area contributed by atoms with Crippen molar-refractivity contribution in [2.24, 2.45) is 5.92 Å². The number of nitrogens with one attached hydrogen (secondary N) is 2. The molecule has 0 radical (unpaired) electrons. The maximum atomic E-state index is 13.2. The van der Waals surface area contributed by atoms with Gasteiger partial charge in [0.15, 0.2) is 0 Å². The van der Waals surface area contributed by atoms with E-state index < -0.39 is 10.0 Å². The Labute approximate surface area is 218 Å². The Balaban J connectivity index is 1.23. The Morgan fingerprint density at radius 3 is 2.57 bits per heavy atom. The van der Waals surface area contributed by atoms with Crippen molar-refractivity contribution in [2.75, 3.05) is 26.9 Å². The van der Waals surface area contributed by atoms with Gasteiger partial charge in [-0.2, -0.15) is 0 Å². The second kappa shape index (κ2) is 10.9. The number of methoxy groups -OCH3 is 1. The molecule has 1 aromatic heterocycles. The van der Waals surface area contributed by atoms with E-state index in [1.54, 1.807) is 19.2 Å². The van der Waals surface area contributed by atoms with Gasteiger partial charge in [-0.3, -0.25) is 4.79 Å². The van der Waals surface area contributed by atoms with Crippen LogP contribution in [0.4, 0.5) is 0 Å². The van der Waals surface area contributed by atoms with E-state index >= 15 is 0 Å². The highest BCUT2D eigenvalue weighted by Gasteiger charge is 2.34. The average Bonchev–Trinajstić information content (AvgIpc) is 3.33. The van der Waals surface area contributed by atoms with Gasteiger partial charge in [-0.1, -0.05) is 30.3 Å². The molecule has 8 nitrogen and oxygen atoms in total. The highest BCUT2D eigenvalue weighted by atomic mass is 32.2. The summed E-state index contributed by atoms with van der Waals surface area (Å²) < 4.78 is 39.9. The fourth-order valence-corrected chi connectivity index (χ4v) is 6.74. The number of fused-ring (bicyclic) bond motifs is 1. The summed E-state index contributed by atoms with van der Waals surface area (Å²) in [7, 11) is -2.01. The monoisotopic (exact) mass is 525 g/mol. The second-order valence-corrected chi connectivity index (χ2v) is 11.9. The van der Waals surface area contributed by atoms with Crippen molar-refractivity contribution in [2.45, 2.75) is 56.2 Å². The lowest BCUT2D eigenvalue weighted by Gasteiger charge is -2.37. The van der Waals surface area contributed by atoms with Crippen LogP contribution in [0.25, 0.3) is 22.2 Å². The molecule has 2 heterocycles. The fourth-order valence-electron chi connectivity index (χ4n) is 5.41. The smallest absolute Gasteiger partial charge is 0.240 e. The number of carbonyl (C=O) groups excluding carboxylic acids is 1. The van der Waals surface area contributed by atoms with Crippen LogP contribution < -0.4 is 4.72 Å². The van der Waals surface area contributed by atoms with Gasteiger partial charge in [0.05, 0.1) is 30.8 Å². The molecule has 0 unspecified atom stereocenters. The average molecular weight is 526 g/mol. The number of carbonyl (C=O) groups is 1. The van der Waals surface area contributed by atoms with Gasteiger partial charge in [0.1, 0.15) is 0 Å². The van der Waals surface area contributed by atoms with Crippen LogP contribution in [0.2, 0.25) is 0 Å². The molecule has 2 aliphatic rings. The van der Waals surface area contributed by atoms with Crippen molar-refractivity contribution in [3.8, 4) is 11.3 Å². The van der Waals surface area contributed by atoms with Crippen LogP contribution in [-0.4, -0.2) is 63.2 Å². The number of H-pyrrole nitrogens is 1. The number of benzene rings is 2. The molecular weight excluding hydrogens is 490 g/mol. The third-order valence-corrected chi connectivity index (χ3v) is 9.05. The van der Waals surface area contributed by atoms with Gasteiger partial charge in [-0.05, 0) is 61.9 Å². The standard InChI is InChI=1S/C28H35N3O5S/c1-19-17-36-14-13-31(19)28(32)22-7-10-24(11-8-22)30-37(33,34)25-12-9-23-15-26(29-27(23)16-25)21-5-3-20(4-6-21)18-35-2/h3-6,9,12,15-16,19,22,24,29-30H,7-8,10-11,13-14,17-18H2,1-2H3/t19-,22?,24?/m0/s1. The zero-order chi connectivity index (χ0) is 26.0. The molecule has 1 amide bonds. The third-order valence-electron chi connectivity index (χ3n) is 7.53. The van der Waals surface area contributed by atoms with E-state index in [4.69, 9.17) is 9.47 Å². The maximum absolute atomic E-state index is 13.2. The number of sulfonamides is 1. The molecule has 37 heavy (non-hydrogen) atoms. The molecule has 2 fully saturated rings. The van der Waals surface area contributed by atoms with E-state index in [0.717, 1.165) is 27.7 Å². The quantitative estimate of drug-likeness (QED) is 0.484. The van der Waals surface area contributed by atoms with Crippen LogP contribution in [0, 0.1) is 5.92 Å². The van der Waals surface area contributed by atoms with Crippen molar-refractivity contribution in [3.05, 3.63) is 54.1 Å². The Morgan fingerprint density at radius 2 is 1.86 bits per heavy atom. The Hall–Kier alpha value is -2.72. The number of hydrogen-bond donors (Lipinski definition) is 2. The lowest BCUT2D eigenvalue weighted by Crippen LogP contribution is -2.50. The Morgan fingerprint density at radius 1 is 1.11 bits per heavy atom. The van der Waals surface area contributed by atoms with Crippen LogP contribution in [0.3, 0.4) is 0 Å². The first-order chi connectivity index (χ1) is 17.8. The van der Waals surface area contributed by atoms with Crippen LogP contribution >= 0.6 is 0 Å². The van der Waals surface area contributed by atoms with Gasteiger partial charge in [-0.15, -0.1) is 0 Å². The molecule has 9 heteroatoms. The SMILES string of the molecule is COCc1ccc(-c2cc3ccc(S(=O)(=O)NC4CCC(C(=O)N5CCOC[C@@H]5C)CC4)cc3[nH]2)cc1.